The summed E-state index contributed by atoms with van der Waals surface area (Å²) in [4.78, 5) is 2.53. The molecule has 0 saturated carbocycles. The molecular weight excluding hydrogens is 320 g/mol. The van der Waals surface area contributed by atoms with Crippen molar-refractivity contribution in [1.82, 2.24) is 4.90 Å². The first-order chi connectivity index (χ1) is 11.7. The molecule has 2 aliphatic heterocycles. The van der Waals surface area contributed by atoms with E-state index in [1.54, 1.807) is 0 Å². The van der Waals surface area contributed by atoms with Gasteiger partial charge in [0.05, 0.1) is 0 Å². The lowest BCUT2D eigenvalue weighted by Crippen LogP contribution is -2.45. The van der Waals surface area contributed by atoms with Crippen LogP contribution in [0, 0.1) is 0 Å². The number of benzene rings is 2. The number of ether oxygens (including phenoxy) is 1. The van der Waals surface area contributed by atoms with Gasteiger partial charge in [-0.1, -0.05) is 29.8 Å². The molecule has 0 unspecified atom stereocenters. The van der Waals surface area contributed by atoms with Crippen molar-refractivity contribution in [2.45, 2.75) is 24.7 Å². The van der Waals surface area contributed by atoms with Gasteiger partial charge in [-0.05, 0) is 69.7 Å². The van der Waals surface area contributed by atoms with Gasteiger partial charge in [0, 0.05) is 21.6 Å². The van der Waals surface area contributed by atoms with Gasteiger partial charge in [-0.3, -0.25) is 0 Å². The highest BCUT2D eigenvalue weighted by Gasteiger charge is 2.44. The first-order valence-electron chi connectivity index (χ1n) is 8.73. The Balaban J connectivity index is 1.74. The molecule has 2 aromatic carbocycles. The molecule has 0 aliphatic carbocycles. The molecule has 4 rings (SSSR count). The highest BCUT2D eigenvalue weighted by Crippen LogP contribution is 2.53. The minimum Gasteiger partial charge on any atom is -0.457 e. The lowest BCUT2D eigenvalue weighted by Gasteiger charge is -2.46. The van der Waals surface area contributed by atoms with Gasteiger partial charge in [-0.25, -0.2) is 0 Å². The smallest absolute Gasteiger partial charge is 0.131 e. The van der Waals surface area contributed by atoms with Gasteiger partial charge >= 0.3 is 0 Å². The van der Waals surface area contributed by atoms with Crippen molar-refractivity contribution in [1.29, 1.82) is 0 Å². The third-order valence-corrected chi connectivity index (χ3v) is 5.70. The molecule has 1 saturated heterocycles. The summed E-state index contributed by atoms with van der Waals surface area (Å²) in [6.07, 6.45) is 3.24. The molecule has 0 atom stereocenters. The van der Waals surface area contributed by atoms with Crippen molar-refractivity contribution >= 4 is 11.6 Å². The van der Waals surface area contributed by atoms with Crippen LogP contribution in [0.2, 0.25) is 5.02 Å². The normalized spacial score (nSPS) is 18.8. The summed E-state index contributed by atoms with van der Waals surface area (Å²) in [5, 5.41) is 0.779. The van der Waals surface area contributed by atoms with Crippen LogP contribution in [0.15, 0.2) is 42.5 Å². The van der Waals surface area contributed by atoms with E-state index in [0.717, 1.165) is 62.0 Å². The van der Waals surface area contributed by atoms with E-state index in [9.17, 15) is 0 Å². The van der Waals surface area contributed by atoms with E-state index < -0.39 is 0 Å². The van der Waals surface area contributed by atoms with E-state index in [-0.39, 0.29) is 5.41 Å². The zero-order valence-corrected chi connectivity index (χ0v) is 14.6. The predicted molar refractivity (Wildman–Crippen MR) is 98.1 cm³/mol. The summed E-state index contributed by atoms with van der Waals surface area (Å²) in [5.74, 6) is 1.94. The highest BCUT2D eigenvalue weighted by atomic mass is 35.5. The van der Waals surface area contributed by atoms with Crippen molar-refractivity contribution in [3.05, 3.63) is 58.6 Å². The first kappa shape index (κ1) is 15.9. The molecule has 2 aliphatic rings. The van der Waals surface area contributed by atoms with Crippen LogP contribution < -0.4 is 10.5 Å². The molecule has 2 heterocycles. The van der Waals surface area contributed by atoms with Gasteiger partial charge in [-0.15, -0.1) is 0 Å². The zero-order chi connectivity index (χ0) is 16.6. The Morgan fingerprint density at radius 2 is 1.79 bits per heavy atom. The maximum Gasteiger partial charge on any atom is 0.131 e. The Bertz CT molecular complexity index is 738. The quantitative estimate of drug-likeness (QED) is 0.909. The third-order valence-electron chi connectivity index (χ3n) is 5.47. The van der Waals surface area contributed by atoms with E-state index in [4.69, 9.17) is 22.1 Å². The van der Waals surface area contributed by atoms with Crippen LogP contribution in [-0.2, 0) is 5.41 Å². The zero-order valence-electron chi connectivity index (χ0n) is 13.8. The van der Waals surface area contributed by atoms with Gasteiger partial charge in [0.2, 0.25) is 0 Å². The number of rotatable bonds is 3. The average molecular weight is 343 g/mol. The van der Waals surface area contributed by atoms with Gasteiger partial charge < -0.3 is 15.4 Å². The van der Waals surface area contributed by atoms with Crippen LogP contribution in [0.1, 0.15) is 30.4 Å². The van der Waals surface area contributed by atoms with Crippen LogP contribution in [0.5, 0.6) is 11.5 Å². The number of nitrogens with two attached hydrogens (primary N) is 1. The molecule has 1 spiro atoms. The Hall–Kier alpha value is -1.55. The number of fused-ring (bicyclic) bond motifs is 4. The molecule has 0 radical (unpaired) electrons. The van der Waals surface area contributed by atoms with Crippen molar-refractivity contribution in [3.8, 4) is 11.5 Å². The molecule has 0 bridgehead atoms. The maximum atomic E-state index is 6.32. The molecule has 2 aromatic rings. The Morgan fingerprint density at radius 1 is 1.04 bits per heavy atom. The van der Waals surface area contributed by atoms with E-state index in [1.165, 1.54) is 11.1 Å². The van der Waals surface area contributed by atoms with Crippen molar-refractivity contribution in [2.75, 3.05) is 26.2 Å². The number of piperidine rings is 1. The van der Waals surface area contributed by atoms with Crippen molar-refractivity contribution in [2.24, 2.45) is 5.73 Å². The van der Waals surface area contributed by atoms with E-state index in [2.05, 4.69) is 29.2 Å². The van der Waals surface area contributed by atoms with Crippen molar-refractivity contribution < 1.29 is 4.74 Å². The number of halogens is 1. The minimum absolute atomic E-state index is 0.00823. The number of para-hydroxylation sites is 1. The van der Waals surface area contributed by atoms with Gasteiger partial charge in [0.25, 0.3) is 0 Å². The molecule has 126 valence electrons. The number of likely N-dealkylation sites (tertiary alicyclic amines) is 1. The molecule has 24 heavy (non-hydrogen) atoms. The van der Waals surface area contributed by atoms with Crippen LogP contribution in [0.4, 0.5) is 0 Å². The highest BCUT2D eigenvalue weighted by molar-refractivity contribution is 6.30. The maximum absolute atomic E-state index is 6.32. The van der Waals surface area contributed by atoms with Gasteiger partial charge in [0.1, 0.15) is 11.5 Å². The molecular formula is C20H23ClN2O. The van der Waals surface area contributed by atoms with Crippen LogP contribution >= 0.6 is 11.6 Å². The number of hydrogen-bond acceptors (Lipinski definition) is 3. The lowest BCUT2D eigenvalue weighted by atomic mass is 9.66. The summed E-state index contributed by atoms with van der Waals surface area (Å²) >= 11 is 6.32. The van der Waals surface area contributed by atoms with E-state index in [1.807, 2.05) is 18.2 Å². The Morgan fingerprint density at radius 3 is 2.58 bits per heavy atom. The fraction of sp³-hybridized carbons (Fsp3) is 0.400. The number of hydrogen-bond donors (Lipinski definition) is 1. The third kappa shape index (κ3) is 2.61. The average Bonchev–Trinajstić information content (AvgIpc) is 2.62. The SMILES string of the molecule is NCCCN1CCC2(CC1)c1ccccc1Oc1ccc(Cl)cc12. The standard InChI is InChI=1S/C20H23ClN2O/c21-15-6-7-19-17(14-15)20(16-4-1-2-5-18(16)24-19)8-12-23(13-9-20)11-3-10-22/h1-2,4-7,14H,3,8-13,22H2. The van der Waals surface area contributed by atoms with Crippen LogP contribution in [0.3, 0.4) is 0 Å². The second-order valence-electron chi connectivity index (χ2n) is 6.80. The lowest BCUT2D eigenvalue weighted by molar-refractivity contribution is 0.171. The molecule has 2 N–H and O–H groups in total. The van der Waals surface area contributed by atoms with Crippen LogP contribution in [-0.4, -0.2) is 31.1 Å². The summed E-state index contributed by atoms with van der Waals surface area (Å²) in [6.45, 7) is 4.02. The first-order valence-corrected chi connectivity index (χ1v) is 9.10. The molecule has 3 nitrogen and oxygen atoms in total. The predicted octanol–water partition coefficient (Wildman–Crippen LogP) is 4.18. The van der Waals surface area contributed by atoms with Gasteiger partial charge in [0.15, 0.2) is 0 Å². The Labute approximate surface area is 148 Å². The van der Waals surface area contributed by atoms with E-state index >= 15 is 0 Å². The minimum atomic E-state index is 0.00823. The summed E-state index contributed by atoms with van der Waals surface area (Å²) in [6, 6.07) is 14.5. The fourth-order valence-electron chi connectivity index (χ4n) is 4.19. The summed E-state index contributed by atoms with van der Waals surface area (Å²) in [5.41, 5.74) is 8.22. The number of nitrogens with zero attached hydrogens (tertiary/aromatic N) is 1. The molecule has 1 fully saturated rings. The molecule has 4 heteroatoms. The van der Waals surface area contributed by atoms with E-state index in [0.29, 0.717) is 0 Å². The second kappa shape index (κ2) is 6.40. The topological polar surface area (TPSA) is 38.5 Å². The summed E-state index contributed by atoms with van der Waals surface area (Å²) < 4.78 is 6.16. The second-order valence-corrected chi connectivity index (χ2v) is 7.24. The molecule has 0 aromatic heterocycles. The monoisotopic (exact) mass is 342 g/mol. The fourth-order valence-corrected chi connectivity index (χ4v) is 4.36. The van der Waals surface area contributed by atoms with Gasteiger partial charge in [-0.2, -0.15) is 0 Å². The van der Waals surface area contributed by atoms with Crippen LogP contribution in [0.25, 0.3) is 0 Å². The molecule has 0 amide bonds. The Kier molecular flexibility index (Phi) is 4.25. The summed E-state index contributed by atoms with van der Waals surface area (Å²) in [7, 11) is 0. The largest absolute Gasteiger partial charge is 0.457 e. The van der Waals surface area contributed by atoms with Crippen molar-refractivity contribution in [3.63, 3.8) is 0 Å².